The van der Waals surface area contributed by atoms with Crippen molar-refractivity contribution in [3.8, 4) is 0 Å². The van der Waals surface area contributed by atoms with Gasteiger partial charge < -0.3 is 10.2 Å². The number of hydrogen-bond donors (Lipinski definition) is 1. The fourth-order valence-electron chi connectivity index (χ4n) is 2.45. The van der Waals surface area contributed by atoms with Crippen LogP contribution in [0, 0.1) is 12.8 Å². The van der Waals surface area contributed by atoms with Crippen LogP contribution in [0.15, 0.2) is 12.3 Å². The first-order valence-corrected chi connectivity index (χ1v) is 7.48. The van der Waals surface area contributed by atoms with E-state index in [9.17, 15) is 0 Å². The first kappa shape index (κ1) is 14.3. The van der Waals surface area contributed by atoms with Crippen LogP contribution in [0.5, 0.6) is 0 Å². The maximum absolute atomic E-state index is 4.45. The van der Waals surface area contributed by atoms with E-state index in [1.165, 1.54) is 37.1 Å². The Morgan fingerprint density at radius 1 is 1.42 bits per heavy atom. The molecule has 19 heavy (non-hydrogen) atoms. The van der Waals surface area contributed by atoms with Gasteiger partial charge >= 0.3 is 0 Å². The monoisotopic (exact) mass is 261 g/mol. The molecule has 1 aliphatic rings. The summed E-state index contributed by atoms with van der Waals surface area (Å²) in [6.45, 7) is 8.75. The van der Waals surface area contributed by atoms with Gasteiger partial charge in [-0.15, -0.1) is 0 Å². The molecule has 0 aliphatic heterocycles. The molecule has 1 heterocycles. The van der Waals surface area contributed by atoms with Gasteiger partial charge in [0.2, 0.25) is 0 Å². The summed E-state index contributed by atoms with van der Waals surface area (Å²) >= 11 is 0. The van der Waals surface area contributed by atoms with E-state index in [0.717, 1.165) is 24.2 Å². The lowest BCUT2D eigenvalue weighted by Gasteiger charge is -2.28. The first-order valence-electron chi connectivity index (χ1n) is 7.48. The summed E-state index contributed by atoms with van der Waals surface area (Å²) in [5, 5.41) is 3.26. The molecule has 0 atom stereocenters. The smallest absolute Gasteiger partial charge is 0.0448 e. The molecule has 1 aliphatic carbocycles. The minimum absolute atomic E-state index is 0.760. The Kier molecular flexibility index (Phi) is 4.81. The van der Waals surface area contributed by atoms with Crippen molar-refractivity contribution in [3.05, 3.63) is 23.5 Å². The number of aryl methyl sites for hydroxylation is 1. The molecule has 0 spiro atoms. The van der Waals surface area contributed by atoms with Gasteiger partial charge in [0.05, 0.1) is 0 Å². The average molecular weight is 261 g/mol. The van der Waals surface area contributed by atoms with Crippen LogP contribution in [0.2, 0.25) is 0 Å². The van der Waals surface area contributed by atoms with Crippen molar-refractivity contribution in [3.63, 3.8) is 0 Å². The summed E-state index contributed by atoms with van der Waals surface area (Å²) in [5.41, 5.74) is 3.83. The summed E-state index contributed by atoms with van der Waals surface area (Å²) in [5.74, 6) is 0.761. The minimum atomic E-state index is 0.760. The largest absolute Gasteiger partial charge is 0.368 e. The van der Waals surface area contributed by atoms with E-state index < -0.39 is 0 Å². The highest BCUT2D eigenvalue weighted by molar-refractivity contribution is 5.55. The van der Waals surface area contributed by atoms with Crippen LogP contribution < -0.4 is 10.2 Å². The highest BCUT2D eigenvalue weighted by Gasteiger charge is 2.30. The van der Waals surface area contributed by atoms with E-state index in [2.05, 4.69) is 42.0 Å². The van der Waals surface area contributed by atoms with Crippen LogP contribution in [0.3, 0.4) is 0 Å². The third-order valence-electron chi connectivity index (χ3n) is 3.71. The van der Waals surface area contributed by atoms with Crippen molar-refractivity contribution in [2.45, 2.75) is 52.6 Å². The lowest BCUT2D eigenvalue weighted by Crippen LogP contribution is -2.29. The molecule has 0 radical (unpaired) electrons. The van der Waals surface area contributed by atoms with Gasteiger partial charge in [-0.3, -0.25) is 4.98 Å². The average Bonchev–Trinajstić information content (AvgIpc) is 3.17. The Balaban J connectivity index is 2.21. The molecule has 0 bridgehead atoms. The Hall–Kier alpha value is -1.09. The lowest BCUT2D eigenvalue weighted by atomic mass is 10.1. The molecule has 0 unspecified atom stereocenters. The van der Waals surface area contributed by atoms with Crippen LogP contribution in [-0.2, 0) is 6.54 Å². The van der Waals surface area contributed by atoms with Crippen molar-refractivity contribution >= 4 is 5.69 Å². The van der Waals surface area contributed by atoms with E-state index >= 15 is 0 Å². The summed E-state index contributed by atoms with van der Waals surface area (Å²) in [6.07, 6.45) is 5.99. The second kappa shape index (κ2) is 6.38. The summed E-state index contributed by atoms with van der Waals surface area (Å²) in [6, 6.07) is 3.02. The van der Waals surface area contributed by atoms with Crippen LogP contribution >= 0.6 is 0 Å². The fourth-order valence-corrected chi connectivity index (χ4v) is 2.45. The number of nitrogens with zero attached hydrogens (tertiary/aromatic N) is 2. The summed E-state index contributed by atoms with van der Waals surface area (Å²) in [7, 11) is 2.00. The van der Waals surface area contributed by atoms with Crippen molar-refractivity contribution < 1.29 is 0 Å². The van der Waals surface area contributed by atoms with Crippen LogP contribution in [0.1, 0.15) is 44.4 Å². The predicted octanol–water partition coefficient (Wildman–Crippen LogP) is 3.12. The molecule has 0 aromatic carbocycles. The molecule has 0 saturated heterocycles. The minimum Gasteiger partial charge on any atom is -0.368 e. The Morgan fingerprint density at radius 2 is 2.16 bits per heavy atom. The molecule has 1 aromatic heterocycles. The molecule has 1 aromatic rings. The second-order valence-electron chi connectivity index (χ2n) is 6.09. The number of pyridine rings is 1. The van der Waals surface area contributed by atoms with Crippen LogP contribution in [0.4, 0.5) is 5.69 Å². The van der Waals surface area contributed by atoms with Gasteiger partial charge in [0, 0.05) is 42.3 Å². The zero-order chi connectivity index (χ0) is 13.8. The fraction of sp³-hybridized carbons (Fsp3) is 0.688. The molecular weight excluding hydrogens is 234 g/mol. The number of aromatic nitrogens is 1. The zero-order valence-electron chi connectivity index (χ0n) is 12.7. The molecule has 3 heteroatoms. The third kappa shape index (κ3) is 3.93. The molecule has 1 fully saturated rings. The van der Waals surface area contributed by atoms with Gasteiger partial charge in [-0.2, -0.15) is 0 Å². The Morgan fingerprint density at radius 3 is 2.74 bits per heavy atom. The van der Waals surface area contributed by atoms with E-state index in [1.807, 2.05) is 13.2 Å². The van der Waals surface area contributed by atoms with Gasteiger partial charge in [-0.25, -0.2) is 0 Å². The van der Waals surface area contributed by atoms with Gasteiger partial charge in [0.15, 0.2) is 0 Å². The number of anilines is 1. The van der Waals surface area contributed by atoms with Gasteiger partial charge in [0.1, 0.15) is 0 Å². The predicted molar refractivity (Wildman–Crippen MR) is 81.6 cm³/mol. The third-order valence-corrected chi connectivity index (χ3v) is 3.71. The van der Waals surface area contributed by atoms with E-state index in [0.29, 0.717) is 0 Å². The maximum atomic E-state index is 4.45. The standard InChI is InChI=1S/C16H27N3/c1-12(2)7-8-19(15-5-6-15)16-9-13(3)18-11-14(16)10-17-4/h9,11-12,15,17H,5-8,10H2,1-4H3. The molecule has 106 valence electrons. The Bertz CT molecular complexity index is 410. The maximum Gasteiger partial charge on any atom is 0.0448 e. The highest BCUT2D eigenvalue weighted by Crippen LogP contribution is 2.34. The number of rotatable bonds is 7. The second-order valence-corrected chi connectivity index (χ2v) is 6.09. The van der Waals surface area contributed by atoms with Crippen LogP contribution in [0.25, 0.3) is 0 Å². The van der Waals surface area contributed by atoms with Crippen molar-refractivity contribution in [1.82, 2.24) is 10.3 Å². The van der Waals surface area contributed by atoms with Gasteiger partial charge in [-0.05, 0) is 45.2 Å². The van der Waals surface area contributed by atoms with Crippen molar-refractivity contribution in [1.29, 1.82) is 0 Å². The number of nitrogens with one attached hydrogen (secondary N) is 1. The van der Waals surface area contributed by atoms with Gasteiger partial charge in [-0.1, -0.05) is 13.8 Å². The van der Waals surface area contributed by atoms with Crippen molar-refractivity contribution in [2.75, 3.05) is 18.5 Å². The SMILES string of the molecule is CNCc1cnc(C)cc1N(CCC(C)C)C1CC1. The molecule has 1 N–H and O–H groups in total. The topological polar surface area (TPSA) is 28.2 Å². The molecule has 1 saturated carbocycles. The molecule has 0 amide bonds. The van der Waals surface area contributed by atoms with E-state index in [-0.39, 0.29) is 0 Å². The Labute approximate surface area is 117 Å². The van der Waals surface area contributed by atoms with Crippen LogP contribution in [-0.4, -0.2) is 24.6 Å². The zero-order valence-corrected chi connectivity index (χ0v) is 12.7. The molecular formula is C16H27N3. The normalized spacial score (nSPS) is 15.0. The summed E-state index contributed by atoms with van der Waals surface area (Å²) in [4.78, 5) is 7.06. The lowest BCUT2D eigenvalue weighted by molar-refractivity contribution is 0.569. The first-order chi connectivity index (χ1) is 9.11. The van der Waals surface area contributed by atoms with Crippen molar-refractivity contribution in [2.24, 2.45) is 5.92 Å². The summed E-state index contributed by atoms with van der Waals surface area (Å²) < 4.78 is 0. The van der Waals surface area contributed by atoms with E-state index in [4.69, 9.17) is 0 Å². The number of hydrogen-bond acceptors (Lipinski definition) is 3. The highest BCUT2D eigenvalue weighted by atomic mass is 15.2. The van der Waals surface area contributed by atoms with Gasteiger partial charge in [0.25, 0.3) is 0 Å². The molecule has 3 nitrogen and oxygen atoms in total. The van der Waals surface area contributed by atoms with E-state index in [1.54, 1.807) is 0 Å². The quantitative estimate of drug-likeness (QED) is 0.817. The molecule has 2 rings (SSSR count).